The minimum Gasteiger partial charge on any atom is -0.478 e. The molecule has 0 fully saturated rings. The zero-order valence-electron chi connectivity index (χ0n) is 24.7. The highest BCUT2D eigenvalue weighted by atomic mass is 19.4. The van der Waals surface area contributed by atoms with Crippen LogP contribution in [0, 0.1) is 5.82 Å². The Morgan fingerprint density at radius 2 is 1.68 bits per heavy atom. The fraction of sp³-hybridized carbons (Fsp3) is 0.182. The van der Waals surface area contributed by atoms with Gasteiger partial charge >= 0.3 is 12.1 Å². The van der Waals surface area contributed by atoms with E-state index < -0.39 is 53.2 Å². The molecule has 1 aliphatic heterocycles. The van der Waals surface area contributed by atoms with Gasteiger partial charge in [-0.3, -0.25) is 19.3 Å². The van der Waals surface area contributed by atoms with Crippen LogP contribution < -0.4 is 15.5 Å². The number of carbonyl (C=O) groups is 4. The van der Waals surface area contributed by atoms with Crippen molar-refractivity contribution >= 4 is 29.5 Å². The summed E-state index contributed by atoms with van der Waals surface area (Å²) in [6.07, 6.45) is -3.24. The summed E-state index contributed by atoms with van der Waals surface area (Å²) in [6.45, 7) is 1.53. The molecule has 14 heteroatoms. The van der Waals surface area contributed by atoms with Crippen LogP contribution in [0.3, 0.4) is 0 Å². The van der Waals surface area contributed by atoms with Gasteiger partial charge in [0.05, 0.1) is 23.5 Å². The van der Waals surface area contributed by atoms with Gasteiger partial charge < -0.3 is 15.7 Å². The number of hydrogen-bond acceptors (Lipinski definition) is 5. The fourth-order valence-corrected chi connectivity index (χ4v) is 5.42. The Morgan fingerprint density at radius 3 is 2.32 bits per heavy atom. The molecular weight excluding hydrogens is 622 g/mol. The highest BCUT2D eigenvalue weighted by molar-refractivity contribution is 6.05. The second-order valence-electron chi connectivity index (χ2n) is 10.5. The van der Waals surface area contributed by atoms with E-state index in [4.69, 9.17) is 10.2 Å². The zero-order valence-corrected chi connectivity index (χ0v) is 24.7. The van der Waals surface area contributed by atoms with Crippen molar-refractivity contribution in [1.29, 1.82) is 0 Å². The van der Waals surface area contributed by atoms with E-state index in [-0.39, 0.29) is 24.3 Å². The molecule has 3 amide bonds. The van der Waals surface area contributed by atoms with Crippen LogP contribution >= 0.6 is 0 Å². The maximum atomic E-state index is 14.3. The average Bonchev–Trinajstić information content (AvgIpc) is 3.42. The van der Waals surface area contributed by atoms with E-state index in [0.717, 1.165) is 30.3 Å². The number of aliphatic carboxylic acids is 1. The Hall–Kier alpha value is -5.79. The quantitative estimate of drug-likeness (QED) is 0.180. The number of hydrogen-bond donors (Lipinski definition) is 3. The van der Waals surface area contributed by atoms with Gasteiger partial charge in [-0.25, -0.2) is 13.9 Å². The molecule has 3 N–H and O–H groups in total. The Morgan fingerprint density at radius 1 is 0.979 bits per heavy atom. The predicted octanol–water partition coefficient (Wildman–Crippen LogP) is 4.58. The molecule has 0 saturated heterocycles. The van der Waals surface area contributed by atoms with Crippen molar-refractivity contribution in [3.63, 3.8) is 0 Å². The lowest BCUT2D eigenvalue weighted by atomic mass is 9.80. The number of aromatic nitrogens is 2. The number of amides is 3. The topological polar surface area (TPSA) is 134 Å². The monoisotopic (exact) mass is 649 g/mol. The number of carboxylic acids is 1. The highest BCUT2D eigenvalue weighted by Gasteiger charge is 2.46. The van der Waals surface area contributed by atoms with Crippen molar-refractivity contribution in [3.8, 4) is 5.69 Å². The zero-order chi connectivity index (χ0) is 33.9. The summed E-state index contributed by atoms with van der Waals surface area (Å²) < 4.78 is 55.9. The normalized spacial score (nSPS) is 16.2. The molecule has 2 heterocycles. The van der Waals surface area contributed by atoms with Crippen molar-refractivity contribution in [1.82, 2.24) is 20.4 Å². The second-order valence-corrected chi connectivity index (χ2v) is 10.5. The number of carboxylic acid groups (broad SMARTS) is 1. The molecule has 2 atom stereocenters. The van der Waals surface area contributed by atoms with Crippen molar-refractivity contribution < 1.29 is 41.8 Å². The summed E-state index contributed by atoms with van der Waals surface area (Å²) in [4.78, 5) is 52.5. The number of halogens is 4. The van der Waals surface area contributed by atoms with Gasteiger partial charge in [-0.05, 0) is 55.0 Å². The molecule has 47 heavy (non-hydrogen) atoms. The smallest absolute Gasteiger partial charge is 0.416 e. The van der Waals surface area contributed by atoms with Crippen LogP contribution in [-0.2, 0) is 27.1 Å². The van der Waals surface area contributed by atoms with E-state index in [1.54, 1.807) is 37.3 Å². The lowest BCUT2D eigenvalue weighted by molar-refractivity contribution is -0.137. The number of rotatable bonds is 9. The van der Waals surface area contributed by atoms with Crippen molar-refractivity contribution in [3.05, 3.63) is 125 Å². The summed E-state index contributed by atoms with van der Waals surface area (Å²) >= 11 is 0. The molecule has 4 aromatic rings. The Balaban J connectivity index is 1.68. The summed E-state index contributed by atoms with van der Waals surface area (Å²) in [5.74, 6) is -4.96. The van der Waals surface area contributed by atoms with Crippen LogP contribution in [0.5, 0.6) is 0 Å². The number of likely N-dealkylation sites (N-methyl/N-ethyl adjacent to an activating group) is 1. The van der Waals surface area contributed by atoms with Gasteiger partial charge in [0.1, 0.15) is 17.7 Å². The van der Waals surface area contributed by atoms with Crippen LogP contribution in [-0.4, -0.2) is 51.2 Å². The second kappa shape index (κ2) is 13.3. The van der Waals surface area contributed by atoms with Crippen molar-refractivity contribution in [2.75, 3.05) is 11.4 Å². The van der Waals surface area contributed by atoms with E-state index in [0.29, 0.717) is 34.8 Å². The summed E-state index contributed by atoms with van der Waals surface area (Å²) in [5.41, 5.74) is 0.141. The fourth-order valence-electron chi connectivity index (χ4n) is 5.42. The van der Waals surface area contributed by atoms with Crippen LogP contribution in [0.25, 0.3) is 5.69 Å². The van der Waals surface area contributed by atoms with Gasteiger partial charge in [-0.1, -0.05) is 36.4 Å². The van der Waals surface area contributed by atoms with Gasteiger partial charge in [-0.2, -0.15) is 18.3 Å². The number of benzene rings is 3. The molecule has 0 spiro atoms. The number of anilines is 1. The van der Waals surface area contributed by atoms with Gasteiger partial charge in [0.2, 0.25) is 5.91 Å². The Kier molecular flexibility index (Phi) is 9.22. The molecule has 10 nitrogen and oxygen atoms in total. The van der Waals surface area contributed by atoms with E-state index in [1.165, 1.54) is 27.8 Å². The molecular formula is C33H27F4N5O5. The highest BCUT2D eigenvalue weighted by Crippen LogP contribution is 2.43. The number of carbonyl (C=O) groups excluding carboxylic acids is 3. The first-order valence-corrected chi connectivity index (χ1v) is 14.3. The largest absolute Gasteiger partial charge is 0.478 e. The van der Waals surface area contributed by atoms with Gasteiger partial charge in [0.25, 0.3) is 11.8 Å². The maximum Gasteiger partial charge on any atom is 0.416 e. The van der Waals surface area contributed by atoms with Crippen molar-refractivity contribution in [2.45, 2.75) is 31.6 Å². The number of fused-ring (bicyclic) bond motifs is 1. The van der Waals surface area contributed by atoms with Gasteiger partial charge in [0, 0.05) is 35.7 Å². The number of nitrogens with zero attached hydrogens (tertiary/aromatic N) is 3. The van der Waals surface area contributed by atoms with E-state index in [2.05, 4.69) is 10.6 Å². The third-order valence-corrected chi connectivity index (χ3v) is 7.50. The average molecular weight is 650 g/mol. The SMILES string of the molecule is CCN1C(=O)[C@H](NC(=O)c2cccc(C(F)(F)F)c2)[C@H](c2ccc(F)cc2)c2c(CNC(=O)C=CC(=O)O)nn(-c3ccccc3)c21. The third-order valence-electron chi connectivity index (χ3n) is 7.50. The van der Waals surface area contributed by atoms with E-state index in [9.17, 15) is 36.7 Å². The standard InChI is InChI=1S/C33H27F4N5O5/c1-2-41-31-28(24(18-38-25(43)15-16-26(44)45)40-42(31)23-9-4-3-5-10-23)27(19-11-13-22(34)14-12-19)29(32(41)47)39-30(46)20-7-6-8-21(17-20)33(35,36)37/h3-17,27,29H,2,18H2,1H3,(H,38,43)(H,39,46)(H,44,45)/t27-,29-/m1/s1. The number of alkyl halides is 3. The van der Waals surface area contributed by atoms with Gasteiger partial charge in [-0.15, -0.1) is 0 Å². The number of nitrogens with one attached hydrogen (secondary N) is 2. The van der Waals surface area contributed by atoms with E-state index in [1.807, 2.05) is 0 Å². The minimum atomic E-state index is -4.72. The van der Waals surface area contributed by atoms with Crippen LogP contribution in [0.1, 0.15) is 45.6 Å². The molecule has 242 valence electrons. The first kappa shape index (κ1) is 32.6. The first-order valence-electron chi connectivity index (χ1n) is 14.3. The lowest BCUT2D eigenvalue weighted by Gasteiger charge is -2.38. The Bertz CT molecular complexity index is 1860. The van der Waals surface area contributed by atoms with E-state index >= 15 is 0 Å². The van der Waals surface area contributed by atoms with Gasteiger partial charge in [0.15, 0.2) is 0 Å². The molecule has 0 unspecified atom stereocenters. The molecule has 3 aromatic carbocycles. The molecule has 0 saturated carbocycles. The predicted molar refractivity (Wildman–Crippen MR) is 161 cm³/mol. The molecule has 1 aromatic heterocycles. The number of para-hydroxylation sites is 1. The molecule has 1 aliphatic rings. The van der Waals surface area contributed by atoms with Crippen LogP contribution in [0.15, 0.2) is 91.0 Å². The molecule has 0 aliphatic carbocycles. The molecule has 0 bridgehead atoms. The maximum absolute atomic E-state index is 14.3. The van der Waals surface area contributed by atoms with Crippen LogP contribution in [0.2, 0.25) is 0 Å². The Labute approximate surface area is 265 Å². The third kappa shape index (κ3) is 6.90. The molecule has 0 radical (unpaired) electrons. The summed E-state index contributed by atoms with van der Waals surface area (Å²) in [7, 11) is 0. The van der Waals surface area contributed by atoms with Crippen molar-refractivity contribution in [2.24, 2.45) is 0 Å². The summed E-state index contributed by atoms with van der Waals surface area (Å²) in [6, 6.07) is 16.3. The lowest BCUT2D eigenvalue weighted by Crippen LogP contribution is -2.55. The van der Waals surface area contributed by atoms with Crippen LogP contribution in [0.4, 0.5) is 23.4 Å². The minimum absolute atomic E-state index is 0.0869. The summed E-state index contributed by atoms with van der Waals surface area (Å²) in [5, 5.41) is 18.8. The molecule has 5 rings (SSSR count). The first-order chi connectivity index (χ1) is 22.4.